The minimum absolute atomic E-state index is 0.0792. The molecule has 6 nitrogen and oxygen atoms in total. The van der Waals surface area contributed by atoms with E-state index in [0.717, 1.165) is 11.3 Å². The van der Waals surface area contributed by atoms with Crippen molar-refractivity contribution in [1.29, 1.82) is 0 Å². The zero-order valence-electron chi connectivity index (χ0n) is 16.5. The first-order valence-electron chi connectivity index (χ1n) is 9.39. The van der Waals surface area contributed by atoms with Gasteiger partial charge in [-0.05, 0) is 29.2 Å². The Balaban J connectivity index is 1.61. The van der Waals surface area contributed by atoms with Crippen LogP contribution in [-0.4, -0.2) is 19.6 Å². The standard InChI is InChI=1S/C22H22ClN5O/c1-22(2,3)15-9-7-14(8-10-15)20-26-21-25-18(12-19(29)28(21)27-20)13-24-17-6-4-5-16(23)11-17/h4-12,24H,13H2,1-3H3,(H,25,26,27). The lowest BCUT2D eigenvalue weighted by atomic mass is 9.87. The quantitative estimate of drug-likeness (QED) is 0.516. The molecule has 0 aliphatic heterocycles. The summed E-state index contributed by atoms with van der Waals surface area (Å²) in [6.07, 6.45) is 0. The first kappa shape index (κ1) is 19.2. The Bertz CT molecular complexity index is 1220. The molecule has 0 spiro atoms. The third-order valence-corrected chi connectivity index (χ3v) is 4.94. The molecular weight excluding hydrogens is 386 g/mol. The normalized spacial score (nSPS) is 11.7. The van der Waals surface area contributed by atoms with Gasteiger partial charge in [-0.15, -0.1) is 0 Å². The number of hydrogen-bond acceptors (Lipinski definition) is 4. The monoisotopic (exact) mass is 407 g/mol. The largest absolute Gasteiger partial charge is 0.379 e. The van der Waals surface area contributed by atoms with E-state index < -0.39 is 0 Å². The van der Waals surface area contributed by atoms with Crippen molar-refractivity contribution in [2.24, 2.45) is 0 Å². The van der Waals surface area contributed by atoms with Crippen LogP contribution in [0.1, 0.15) is 32.0 Å². The fourth-order valence-corrected chi connectivity index (χ4v) is 3.26. The molecule has 29 heavy (non-hydrogen) atoms. The van der Waals surface area contributed by atoms with E-state index in [1.807, 2.05) is 36.4 Å². The van der Waals surface area contributed by atoms with Gasteiger partial charge in [0.1, 0.15) is 0 Å². The molecule has 0 aliphatic rings. The lowest BCUT2D eigenvalue weighted by Gasteiger charge is -2.18. The summed E-state index contributed by atoms with van der Waals surface area (Å²) in [7, 11) is 0. The summed E-state index contributed by atoms with van der Waals surface area (Å²) >= 11 is 6.00. The van der Waals surface area contributed by atoms with E-state index in [-0.39, 0.29) is 11.0 Å². The summed E-state index contributed by atoms with van der Waals surface area (Å²) < 4.78 is 1.36. The molecule has 148 valence electrons. The van der Waals surface area contributed by atoms with Crippen LogP contribution in [0.4, 0.5) is 5.69 Å². The number of hydrogen-bond donors (Lipinski definition) is 2. The van der Waals surface area contributed by atoms with Crippen molar-refractivity contribution in [3.8, 4) is 11.4 Å². The van der Waals surface area contributed by atoms with E-state index in [0.29, 0.717) is 28.9 Å². The molecule has 0 unspecified atom stereocenters. The minimum atomic E-state index is -0.206. The van der Waals surface area contributed by atoms with Gasteiger partial charge in [-0.2, -0.15) is 9.50 Å². The van der Waals surface area contributed by atoms with Crippen molar-refractivity contribution in [2.45, 2.75) is 32.7 Å². The van der Waals surface area contributed by atoms with E-state index in [9.17, 15) is 4.79 Å². The first-order chi connectivity index (χ1) is 13.8. The number of nitrogens with one attached hydrogen (secondary N) is 2. The molecule has 0 bridgehead atoms. The van der Waals surface area contributed by atoms with Gasteiger partial charge >= 0.3 is 0 Å². The molecule has 0 atom stereocenters. The molecule has 7 heteroatoms. The zero-order chi connectivity index (χ0) is 20.6. The van der Waals surface area contributed by atoms with Crippen LogP contribution in [-0.2, 0) is 12.0 Å². The van der Waals surface area contributed by atoms with E-state index >= 15 is 0 Å². The molecule has 0 aliphatic carbocycles. The lowest BCUT2D eigenvalue weighted by molar-refractivity contribution is 0.590. The molecule has 2 N–H and O–H groups in total. The van der Waals surface area contributed by atoms with Crippen LogP contribution in [0.3, 0.4) is 0 Å². The molecule has 2 aromatic carbocycles. The van der Waals surface area contributed by atoms with Crippen molar-refractivity contribution >= 4 is 23.1 Å². The van der Waals surface area contributed by atoms with Gasteiger partial charge in [0.15, 0.2) is 5.82 Å². The van der Waals surface area contributed by atoms with Crippen molar-refractivity contribution in [3.05, 3.63) is 81.2 Å². The van der Waals surface area contributed by atoms with Gasteiger partial charge in [0.05, 0.1) is 12.2 Å². The van der Waals surface area contributed by atoms with Gasteiger partial charge < -0.3 is 5.32 Å². The fourth-order valence-electron chi connectivity index (χ4n) is 3.07. The highest BCUT2D eigenvalue weighted by molar-refractivity contribution is 6.30. The van der Waals surface area contributed by atoms with Gasteiger partial charge in [0.2, 0.25) is 0 Å². The molecular formula is C22H22ClN5O. The maximum absolute atomic E-state index is 12.5. The average Bonchev–Trinajstić information content (AvgIpc) is 3.11. The Morgan fingerprint density at radius 3 is 2.52 bits per heavy atom. The van der Waals surface area contributed by atoms with Crippen LogP contribution in [0.5, 0.6) is 0 Å². The zero-order valence-corrected chi connectivity index (χ0v) is 17.3. The van der Waals surface area contributed by atoms with Gasteiger partial charge in [0.25, 0.3) is 11.3 Å². The number of aromatic nitrogens is 4. The maximum atomic E-state index is 12.5. The van der Waals surface area contributed by atoms with Gasteiger partial charge in [-0.3, -0.25) is 9.89 Å². The molecule has 0 amide bonds. The molecule has 0 radical (unpaired) electrons. The number of fused-ring (bicyclic) bond motifs is 1. The summed E-state index contributed by atoms with van der Waals surface area (Å²) in [6.45, 7) is 6.91. The Labute approximate surface area is 173 Å². The third-order valence-electron chi connectivity index (χ3n) is 4.71. The van der Waals surface area contributed by atoms with Crippen molar-refractivity contribution < 1.29 is 0 Å². The summed E-state index contributed by atoms with van der Waals surface area (Å²) in [5.41, 5.74) is 3.49. The van der Waals surface area contributed by atoms with Crippen LogP contribution in [0.25, 0.3) is 17.2 Å². The summed E-state index contributed by atoms with van der Waals surface area (Å²) in [5, 5.41) is 6.91. The predicted octanol–water partition coefficient (Wildman–Crippen LogP) is 4.65. The Morgan fingerprint density at radius 2 is 1.83 bits per heavy atom. The second-order valence-corrected chi connectivity index (χ2v) is 8.42. The first-order valence-corrected chi connectivity index (χ1v) is 9.76. The molecule has 2 aromatic heterocycles. The van der Waals surface area contributed by atoms with Crippen LogP contribution in [0.2, 0.25) is 5.02 Å². The van der Waals surface area contributed by atoms with E-state index in [1.54, 1.807) is 0 Å². The molecule has 0 saturated heterocycles. The number of rotatable bonds is 4. The van der Waals surface area contributed by atoms with Crippen LogP contribution < -0.4 is 10.9 Å². The Kier molecular flexibility index (Phi) is 4.88. The maximum Gasteiger partial charge on any atom is 0.274 e. The smallest absolute Gasteiger partial charge is 0.274 e. The minimum Gasteiger partial charge on any atom is -0.379 e. The van der Waals surface area contributed by atoms with E-state index in [2.05, 4.69) is 53.3 Å². The summed E-state index contributed by atoms with van der Waals surface area (Å²) in [4.78, 5) is 21.5. The molecule has 4 rings (SSSR count). The lowest BCUT2D eigenvalue weighted by Crippen LogP contribution is -2.17. The van der Waals surface area contributed by atoms with E-state index in [1.165, 1.54) is 16.1 Å². The second-order valence-electron chi connectivity index (χ2n) is 7.98. The van der Waals surface area contributed by atoms with Gasteiger partial charge in [-0.25, -0.2) is 4.98 Å². The number of nitrogens with zero attached hydrogens (tertiary/aromatic N) is 3. The summed E-state index contributed by atoms with van der Waals surface area (Å²) in [5.74, 6) is 0.949. The van der Waals surface area contributed by atoms with Crippen molar-refractivity contribution in [1.82, 2.24) is 19.6 Å². The SMILES string of the molecule is CC(C)(C)c1ccc(-c2nc3nc(CNc4cccc(Cl)c4)cc(=O)n3[nH]2)cc1. The van der Waals surface area contributed by atoms with Crippen molar-refractivity contribution in [2.75, 3.05) is 5.32 Å². The topological polar surface area (TPSA) is 75.1 Å². The Hall–Kier alpha value is -3.12. The molecule has 0 fully saturated rings. The third kappa shape index (κ3) is 4.17. The average molecular weight is 408 g/mol. The van der Waals surface area contributed by atoms with Crippen LogP contribution in [0.15, 0.2) is 59.4 Å². The molecule has 4 aromatic rings. The highest BCUT2D eigenvalue weighted by Gasteiger charge is 2.14. The molecule has 0 saturated carbocycles. The Morgan fingerprint density at radius 1 is 1.07 bits per heavy atom. The predicted molar refractivity (Wildman–Crippen MR) is 117 cm³/mol. The van der Waals surface area contributed by atoms with Crippen molar-refractivity contribution in [3.63, 3.8) is 0 Å². The number of H-pyrrole nitrogens is 1. The van der Waals surface area contributed by atoms with Gasteiger partial charge in [-0.1, -0.05) is 62.7 Å². The van der Waals surface area contributed by atoms with Crippen LogP contribution in [0, 0.1) is 0 Å². The number of halogens is 1. The number of aromatic amines is 1. The summed E-state index contributed by atoms with van der Waals surface area (Å²) in [6, 6.07) is 17.1. The number of benzene rings is 2. The highest BCUT2D eigenvalue weighted by Crippen LogP contribution is 2.25. The van der Waals surface area contributed by atoms with Gasteiger partial charge in [0, 0.05) is 22.3 Å². The second kappa shape index (κ2) is 7.37. The fraction of sp³-hybridized carbons (Fsp3) is 0.227. The number of anilines is 1. The van der Waals surface area contributed by atoms with Crippen LogP contribution >= 0.6 is 11.6 Å². The highest BCUT2D eigenvalue weighted by atomic mass is 35.5. The van der Waals surface area contributed by atoms with E-state index in [4.69, 9.17) is 11.6 Å². The molecule has 2 heterocycles.